The van der Waals surface area contributed by atoms with Gasteiger partial charge in [-0.15, -0.1) is 0 Å². The molecule has 17 heavy (non-hydrogen) atoms. The number of alkyl halides is 1. The van der Waals surface area contributed by atoms with Crippen molar-refractivity contribution in [3.05, 3.63) is 35.9 Å². The van der Waals surface area contributed by atoms with Crippen molar-refractivity contribution in [2.75, 3.05) is 0 Å². The van der Waals surface area contributed by atoms with E-state index in [1.165, 1.54) is 6.92 Å². The minimum Gasteiger partial charge on any atom is -0.460 e. The van der Waals surface area contributed by atoms with Crippen LogP contribution in [0.15, 0.2) is 30.3 Å². The van der Waals surface area contributed by atoms with Crippen LogP contribution in [0.3, 0.4) is 0 Å². The molecule has 1 aromatic rings. The molecule has 1 unspecified atom stereocenters. The van der Waals surface area contributed by atoms with E-state index >= 15 is 0 Å². The van der Waals surface area contributed by atoms with Crippen LogP contribution in [0.1, 0.15) is 31.7 Å². The maximum Gasteiger partial charge on any atom is 0.315 e. The summed E-state index contributed by atoms with van der Waals surface area (Å²) in [7, 11) is 0. The molecule has 2 rings (SSSR count). The number of hydrogen-bond donors (Lipinski definition) is 0. The summed E-state index contributed by atoms with van der Waals surface area (Å²) < 4.78 is 18.7. The van der Waals surface area contributed by atoms with Crippen LogP contribution in [-0.2, 0) is 16.1 Å². The van der Waals surface area contributed by atoms with E-state index in [1.54, 1.807) is 0 Å². The summed E-state index contributed by atoms with van der Waals surface area (Å²) in [5, 5.41) is 0. The molecule has 0 amide bonds. The van der Waals surface area contributed by atoms with Crippen molar-refractivity contribution in [3.63, 3.8) is 0 Å². The lowest BCUT2D eigenvalue weighted by atomic mass is 9.66. The van der Waals surface area contributed by atoms with E-state index in [0.717, 1.165) is 12.0 Å². The molecular formula is C14H17FO2. The lowest BCUT2D eigenvalue weighted by Gasteiger charge is -2.40. The van der Waals surface area contributed by atoms with Crippen LogP contribution in [0, 0.1) is 5.41 Å². The molecule has 1 aliphatic rings. The predicted molar refractivity (Wildman–Crippen MR) is 63.1 cm³/mol. The molecule has 0 radical (unpaired) electrons. The Hall–Kier alpha value is -1.38. The SMILES string of the molecule is CC(F)C1(C(=O)OCc2ccccc2)CCC1. The lowest BCUT2D eigenvalue weighted by Crippen LogP contribution is -2.45. The van der Waals surface area contributed by atoms with Gasteiger partial charge in [0.15, 0.2) is 0 Å². The number of hydrogen-bond acceptors (Lipinski definition) is 2. The highest BCUT2D eigenvalue weighted by Crippen LogP contribution is 2.46. The summed E-state index contributed by atoms with van der Waals surface area (Å²) in [6, 6.07) is 9.46. The van der Waals surface area contributed by atoms with Gasteiger partial charge in [-0.3, -0.25) is 4.79 Å². The Morgan fingerprint density at radius 2 is 2.06 bits per heavy atom. The highest BCUT2D eigenvalue weighted by Gasteiger charge is 2.50. The van der Waals surface area contributed by atoms with Crippen LogP contribution in [-0.4, -0.2) is 12.1 Å². The predicted octanol–water partition coefficient (Wildman–Crippen LogP) is 3.26. The molecule has 1 atom stereocenters. The largest absolute Gasteiger partial charge is 0.460 e. The van der Waals surface area contributed by atoms with E-state index in [4.69, 9.17) is 4.74 Å². The molecule has 0 spiro atoms. The molecular weight excluding hydrogens is 219 g/mol. The topological polar surface area (TPSA) is 26.3 Å². The van der Waals surface area contributed by atoms with Crippen molar-refractivity contribution in [1.82, 2.24) is 0 Å². The van der Waals surface area contributed by atoms with E-state index < -0.39 is 11.6 Å². The van der Waals surface area contributed by atoms with Crippen molar-refractivity contribution < 1.29 is 13.9 Å². The molecule has 0 aliphatic heterocycles. The summed E-state index contributed by atoms with van der Waals surface area (Å²) in [4.78, 5) is 11.9. The zero-order valence-corrected chi connectivity index (χ0v) is 9.99. The Labute approximate surface area is 101 Å². The first-order chi connectivity index (χ1) is 8.15. The van der Waals surface area contributed by atoms with Gasteiger partial charge in [-0.2, -0.15) is 0 Å². The maximum atomic E-state index is 13.5. The lowest BCUT2D eigenvalue weighted by molar-refractivity contribution is -0.168. The molecule has 0 aromatic heterocycles. The van der Waals surface area contributed by atoms with Crippen molar-refractivity contribution in [2.24, 2.45) is 5.41 Å². The Balaban J connectivity index is 1.93. The van der Waals surface area contributed by atoms with Crippen molar-refractivity contribution in [1.29, 1.82) is 0 Å². The van der Waals surface area contributed by atoms with Crippen molar-refractivity contribution in [2.45, 2.75) is 39.0 Å². The minimum atomic E-state index is -1.13. The van der Waals surface area contributed by atoms with E-state index in [0.29, 0.717) is 12.8 Å². The van der Waals surface area contributed by atoms with Crippen LogP contribution in [0.2, 0.25) is 0 Å². The third-order valence-corrected chi connectivity index (χ3v) is 3.63. The van der Waals surface area contributed by atoms with Crippen molar-refractivity contribution >= 4 is 5.97 Å². The summed E-state index contributed by atoms with van der Waals surface area (Å²) in [5.74, 6) is -0.386. The third-order valence-electron chi connectivity index (χ3n) is 3.63. The molecule has 1 fully saturated rings. The summed E-state index contributed by atoms with van der Waals surface area (Å²) in [6.07, 6.45) is 1.00. The average Bonchev–Trinajstić information content (AvgIpc) is 2.25. The summed E-state index contributed by atoms with van der Waals surface area (Å²) >= 11 is 0. The first kappa shape index (κ1) is 12.1. The maximum absolute atomic E-state index is 13.5. The minimum absolute atomic E-state index is 0.230. The molecule has 92 valence electrons. The zero-order chi connectivity index (χ0) is 12.3. The van der Waals surface area contributed by atoms with Gasteiger partial charge in [-0.05, 0) is 25.3 Å². The third kappa shape index (κ3) is 2.33. The normalized spacial score (nSPS) is 19.2. The standard InChI is InChI=1S/C14H17FO2/c1-11(15)14(8-5-9-14)13(16)17-10-12-6-3-2-4-7-12/h2-4,6-7,11H,5,8-10H2,1H3. The smallest absolute Gasteiger partial charge is 0.315 e. The van der Waals surface area contributed by atoms with Crippen LogP contribution in [0.25, 0.3) is 0 Å². The Morgan fingerprint density at radius 3 is 2.53 bits per heavy atom. The Bertz CT molecular complexity index is 382. The van der Waals surface area contributed by atoms with Gasteiger partial charge in [0.1, 0.15) is 12.8 Å². The zero-order valence-electron chi connectivity index (χ0n) is 9.99. The first-order valence-electron chi connectivity index (χ1n) is 6.00. The second-order valence-corrected chi connectivity index (χ2v) is 4.69. The molecule has 1 aromatic carbocycles. The van der Waals surface area contributed by atoms with Gasteiger partial charge in [-0.25, -0.2) is 4.39 Å². The number of carbonyl (C=O) groups excluding carboxylic acids is 1. The Morgan fingerprint density at radius 1 is 1.41 bits per heavy atom. The highest BCUT2D eigenvalue weighted by atomic mass is 19.1. The fraction of sp³-hybridized carbons (Fsp3) is 0.500. The van der Waals surface area contributed by atoms with E-state index in [9.17, 15) is 9.18 Å². The number of benzene rings is 1. The number of halogens is 1. The molecule has 0 N–H and O–H groups in total. The molecule has 1 aliphatic carbocycles. The van der Waals surface area contributed by atoms with Gasteiger partial charge in [0, 0.05) is 0 Å². The van der Waals surface area contributed by atoms with E-state index in [-0.39, 0.29) is 12.6 Å². The van der Waals surface area contributed by atoms with Gasteiger partial charge in [0.25, 0.3) is 0 Å². The number of esters is 1. The van der Waals surface area contributed by atoms with Gasteiger partial charge in [0.05, 0.1) is 5.41 Å². The molecule has 1 saturated carbocycles. The molecule has 0 saturated heterocycles. The van der Waals surface area contributed by atoms with Crippen LogP contribution in [0.4, 0.5) is 4.39 Å². The molecule has 0 heterocycles. The second kappa shape index (κ2) is 4.86. The molecule has 3 heteroatoms. The Kier molecular flexibility index (Phi) is 3.46. The molecule has 0 bridgehead atoms. The van der Waals surface area contributed by atoms with Crippen molar-refractivity contribution in [3.8, 4) is 0 Å². The highest BCUT2D eigenvalue weighted by molar-refractivity contribution is 5.78. The number of carbonyl (C=O) groups is 1. The van der Waals surface area contributed by atoms with Crippen LogP contribution in [0.5, 0.6) is 0 Å². The molecule has 2 nitrogen and oxygen atoms in total. The monoisotopic (exact) mass is 236 g/mol. The number of rotatable bonds is 4. The average molecular weight is 236 g/mol. The van der Waals surface area contributed by atoms with Crippen LogP contribution < -0.4 is 0 Å². The summed E-state index contributed by atoms with van der Waals surface area (Å²) in [6.45, 7) is 1.68. The fourth-order valence-electron chi connectivity index (χ4n) is 2.19. The summed E-state index contributed by atoms with van der Waals surface area (Å²) in [5.41, 5.74) is 0.0660. The van der Waals surface area contributed by atoms with E-state index in [2.05, 4.69) is 0 Å². The second-order valence-electron chi connectivity index (χ2n) is 4.69. The van der Waals surface area contributed by atoms with Gasteiger partial charge in [-0.1, -0.05) is 36.8 Å². The van der Waals surface area contributed by atoms with Gasteiger partial charge in [0.2, 0.25) is 0 Å². The fourth-order valence-corrected chi connectivity index (χ4v) is 2.19. The van der Waals surface area contributed by atoms with Crippen LogP contribution >= 0.6 is 0 Å². The van der Waals surface area contributed by atoms with Gasteiger partial charge >= 0.3 is 5.97 Å². The number of ether oxygens (including phenoxy) is 1. The van der Waals surface area contributed by atoms with E-state index in [1.807, 2.05) is 30.3 Å². The quantitative estimate of drug-likeness (QED) is 0.750. The van der Waals surface area contributed by atoms with Gasteiger partial charge < -0.3 is 4.74 Å². The first-order valence-corrected chi connectivity index (χ1v) is 6.00.